The molecule has 1 aromatic heterocycles. The summed E-state index contributed by atoms with van der Waals surface area (Å²) in [5.74, 6) is 0.987. The van der Waals surface area contributed by atoms with Crippen LogP contribution in [0.15, 0.2) is 30.7 Å². The Kier molecular flexibility index (Phi) is 3.97. The van der Waals surface area contributed by atoms with Crippen molar-refractivity contribution in [3.8, 4) is 5.75 Å². The Morgan fingerprint density at radius 2 is 2.29 bits per heavy atom. The molecule has 0 saturated carbocycles. The summed E-state index contributed by atoms with van der Waals surface area (Å²) < 4.78 is 8.45. The van der Waals surface area contributed by atoms with Gasteiger partial charge in [0.25, 0.3) is 0 Å². The van der Waals surface area contributed by atoms with Gasteiger partial charge >= 0.3 is 0 Å². The van der Waals surface area contributed by atoms with Gasteiger partial charge in [-0.25, -0.2) is 4.98 Å². The number of rotatable bonds is 4. The van der Waals surface area contributed by atoms with Crippen LogP contribution in [0.4, 0.5) is 0 Å². The summed E-state index contributed by atoms with van der Waals surface area (Å²) in [5.41, 5.74) is 3.70. The zero-order valence-electron chi connectivity index (χ0n) is 13.0. The smallest absolute Gasteiger partial charge is 0.142 e. The summed E-state index contributed by atoms with van der Waals surface area (Å²) in [6, 6.07) is 6.73. The molecule has 1 N–H and O–H groups in total. The lowest BCUT2D eigenvalue weighted by molar-refractivity contribution is 0.145. The van der Waals surface area contributed by atoms with Crippen LogP contribution in [0.3, 0.4) is 0 Å². The number of hydrogen-bond donors (Lipinski definition) is 1. The Balaban J connectivity index is 1.93. The highest BCUT2D eigenvalue weighted by molar-refractivity contribution is 5.41. The van der Waals surface area contributed by atoms with Crippen molar-refractivity contribution in [1.29, 1.82) is 0 Å². The van der Waals surface area contributed by atoms with Gasteiger partial charge in [0.2, 0.25) is 0 Å². The molecule has 112 valence electrons. The number of aryl methyl sites for hydroxylation is 2. The predicted octanol–water partition coefficient (Wildman–Crippen LogP) is 3.39. The first-order valence-corrected chi connectivity index (χ1v) is 7.67. The van der Waals surface area contributed by atoms with Gasteiger partial charge in [-0.1, -0.05) is 24.6 Å². The molecule has 0 fully saturated rings. The molecule has 1 aliphatic rings. The molecule has 2 atom stereocenters. The third-order valence-corrected chi connectivity index (χ3v) is 4.15. The van der Waals surface area contributed by atoms with Crippen molar-refractivity contribution in [2.24, 2.45) is 0 Å². The van der Waals surface area contributed by atoms with Crippen LogP contribution < -0.4 is 10.1 Å². The first-order valence-electron chi connectivity index (χ1n) is 7.67. The lowest BCUT2D eigenvalue weighted by Crippen LogP contribution is -2.28. The number of nitrogens with zero attached hydrogens (tertiary/aromatic N) is 2. The molecule has 0 aliphatic carbocycles. The second-order valence-corrected chi connectivity index (χ2v) is 5.74. The molecule has 1 aromatic carbocycles. The molecule has 4 nitrogen and oxygen atoms in total. The van der Waals surface area contributed by atoms with Gasteiger partial charge in [0.1, 0.15) is 11.9 Å². The van der Waals surface area contributed by atoms with Gasteiger partial charge in [-0.3, -0.25) is 0 Å². The lowest BCUT2D eigenvalue weighted by atomic mass is 9.94. The number of ether oxygens (including phenoxy) is 1. The topological polar surface area (TPSA) is 39.1 Å². The van der Waals surface area contributed by atoms with Gasteiger partial charge in [-0.05, 0) is 26.5 Å². The van der Waals surface area contributed by atoms with Gasteiger partial charge in [0.05, 0.1) is 18.2 Å². The molecule has 2 heterocycles. The number of benzene rings is 1. The minimum atomic E-state index is 0.0618. The number of imidazole rings is 1. The van der Waals surface area contributed by atoms with E-state index in [1.54, 1.807) is 0 Å². The number of hydrogen-bond acceptors (Lipinski definition) is 3. The van der Waals surface area contributed by atoms with Crippen molar-refractivity contribution in [2.45, 2.75) is 45.4 Å². The molecule has 0 spiro atoms. The largest absolute Gasteiger partial charge is 0.484 e. The zero-order chi connectivity index (χ0) is 14.8. The van der Waals surface area contributed by atoms with Crippen LogP contribution in [-0.4, -0.2) is 16.6 Å². The summed E-state index contributed by atoms with van der Waals surface area (Å²) in [4.78, 5) is 4.30. The molecule has 2 unspecified atom stereocenters. The zero-order valence-corrected chi connectivity index (χ0v) is 13.0. The predicted molar refractivity (Wildman–Crippen MR) is 83.5 cm³/mol. The van der Waals surface area contributed by atoms with E-state index >= 15 is 0 Å². The molecular weight excluding hydrogens is 262 g/mol. The van der Waals surface area contributed by atoms with Gasteiger partial charge in [-0.2, -0.15) is 0 Å². The Morgan fingerprint density at radius 3 is 3.05 bits per heavy atom. The van der Waals surface area contributed by atoms with Crippen molar-refractivity contribution in [1.82, 2.24) is 14.9 Å². The van der Waals surface area contributed by atoms with E-state index in [4.69, 9.17) is 4.74 Å². The standard InChI is InChI=1S/C17H23N3O/c1-4-7-20-11-19-10-15(20)17-9-14(18-3)13-8-12(2)5-6-16(13)21-17/h5-6,8,10-11,14,17-18H,4,7,9H2,1-3H3. The highest BCUT2D eigenvalue weighted by Gasteiger charge is 2.30. The van der Waals surface area contributed by atoms with Crippen molar-refractivity contribution in [3.63, 3.8) is 0 Å². The van der Waals surface area contributed by atoms with E-state index in [0.29, 0.717) is 6.04 Å². The molecule has 21 heavy (non-hydrogen) atoms. The van der Waals surface area contributed by atoms with Crippen molar-refractivity contribution in [3.05, 3.63) is 47.5 Å². The minimum absolute atomic E-state index is 0.0618. The Labute approximate surface area is 126 Å². The van der Waals surface area contributed by atoms with Crippen LogP contribution in [0.5, 0.6) is 5.75 Å². The first kappa shape index (κ1) is 14.1. The SMILES string of the molecule is CCCn1cncc1C1CC(NC)c2cc(C)ccc2O1. The van der Waals surface area contributed by atoms with Gasteiger partial charge in [-0.15, -0.1) is 0 Å². The van der Waals surface area contributed by atoms with E-state index in [1.165, 1.54) is 16.8 Å². The van der Waals surface area contributed by atoms with Crippen LogP contribution in [0.2, 0.25) is 0 Å². The van der Waals surface area contributed by atoms with Crippen molar-refractivity contribution < 1.29 is 4.74 Å². The average molecular weight is 285 g/mol. The Morgan fingerprint density at radius 1 is 1.43 bits per heavy atom. The number of aromatic nitrogens is 2. The van der Waals surface area contributed by atoms with E-state index in [-0.39, 0.29) is 6.10 Å². The molecular formula is C17H23N3O. The van der Waals surface area contributed by atoms with Crippen LogP contribution in [-0.2, 0) is 6.54 Å². The maximum Gasteiger partial charge on any atom is 0.142 e. The lowest BCUT2D eigenvalue weighted by Gasteiger charge is -2.32. The van der Waals surface area contributed by atoms with Gasteiger partial charge in [0.15, 0.2) is 0 Å². The van der Waals surface area contributed by atoms with Crippen LogP contribution >= 0.6 is 0 Å². The van der Waals surface area contributed by atoms with Crippen LogP contribution in [0.1, 0.15) is 48.7 Å². The molecule has 2 aromatic rings. The third-order valence-electron chi connectivity index (χ3n) is 4.15. The summed E-state index contributed by atoms with van der Waals surface area (Å²) in [6.45, 7) is 5.29. The number of fused-ring (bicyclic) bond motifs is 1. The molecule has 3 rings (SSSR count). The molecule has 0 amide bonds. The van der Waals surface area contributed by atoms with E-state index in [2.05, 4.69) is 46.9 Å². The van der Waals surface area contributed by atoms with Gasteiger partial charge in [0, 0.05) is 24.6 Å². The number of nitrogens with one attached hydrogen (secondary N) is 1. The molecule has 0 radical (unpaired) electrons. The third kappa shape index (κ3) is 2.68. The van der Waals surface area contributed by atoms with E-state index in [0.717, 1.165) is 25.1 Å². The Hall–Kier alpha value is -1.81. The molecule has 0 bridgehead atoms. The quantitative estimate of drug-likeness (QED) is 0.936. The van der Waals surface area contributed by atoms with Gasteiger partial charge < -0.3 is 14.6 Å². The highest BCUT2D eigenvalue weighted by Crippen LogP contribution is 2.40. The summed E-state index contributed by atoms with van der Waals surface area (Å²) >= 11 is 0. The van der Waals surface area contributed by atoms with E-state index < -0.39 is 0 Å². The molecule has 1 aliphatic heterocycles. The second kappa shape index (κ2) is 5.90. The summed E-state index contributed by atoms with van der Waals surface area (Å²) in [7, 11) is 2.02. The maximum atomic E-state index is 6.25. The van der Waals surface area contributed by atoms with Crippen LogP contribution in [0, 0.1) is 6.92 Å². The first-order chi connectivity index (χ1) is 10.2. The fraction of sp³-hybridized carbons (Fsp3) is 0.471. The Bertz CT molecular complexity index is 620. The van der Waals surface area contributed by atoms with Crippen molar-refractivity contribution >= 4 is 0 Å². The molecule has 0 saturated heterocycles. The minimum Gasteiger partial charge on any atom is -0.484 e. The summed E-state index contributed by atoms with van der Waals surface area (Å²) in [6.07, 6.45) is 5.93. The van der Waals surface area contributed by atoms with E-state index in [1.807, 2.05) is 19.6 Å². The molecule has 4 heteroatoms. The second-order valence-electron chi connectivity index (χ2n) is 5.74. The van der Waals surface area contributed by atoms with Crippen molar-refractivity contribution in [2.75, 3.05) is 7.05 Å². The fourth-order valence-electron chi connectivity index (χ4n) is 3.07. The fourth-order valence-corrected chi connectivity index (χ4v) is 3.07. The van der Waals surface area contributed by atoms with E-state index in [9.17, 15) is 0 Å². The average Bonchev–Trinajstić information content (AvgIpc) is 2.95. The van der Waals surface area contributed by atoms with Crippen LogP contribution in [0.25, 0.3) is 0 Å². The maximum absolute atomic E-state index is 6.25. The highest BCUT2D eigenvalue weighted by atomic mass is 16.5. The summed E-state index contributed by atoms with van der Waals surface area (Å²) in [5, 5.41) is 3.42. The monoisotopic (exact) mass is 285 g/mol. The normalized spacial score (nSPS) is 20.9.